The number of para-hydroxylation sites is 1. The van der Waals surface area contributed by atoms with Crippen molar-refractivity contribution in [2.24, 2.45) is 0 Å². The van der Waals surface area contributed by atoms with Crippen molar-refractivity contribution in [2.75, 3.05) is 27.8 Å². The summed E-state index contributed by atoms with van der Waals surface area (Å²) in [7, 11) is 5.17. The summed E-state index contributed by atoms with van der Waals surface area (Å²) in [5.41, 5.74) is 1.06. The van der Waals surface area contributed by atoms with Gasteiger partial charge < -0.3 is 19.5 Å². The number of aliphatic carboxylic acids is 1. The third-order valence-corrected chi connectivity index (χ3v) is 3.43. The molecule has 1 N–H and O–H groups in total. The number of carbonyl (C=O) groups is 1. The molecule has 0 aromatic heterocycles. The van der Waals surface area contributed by atoms with Crippen molar-refractivity contribution in [3.8, 4) is 11.5 Å². The van der Waals surface area contributed by atoms with E-state index < -0.39 is 5.97 Å². The zero-order valence-corrected chi connectivity index (χ0v) is 12.5. The summed E-state index contributed by atoms with van der Waals surface area (Å²) in [5.74, 6) is 0.682. The lowest BCUT2D eigenvalue weighted by atomic mass is 10.0. The average molecular weight is 281 g/mol. The highest BCUT2D eigenvalue weighted by atomic mass is 16.5. The fourth-order valence-electron chi connectivity index (χ4n) is 2.08. The minimum absolute atomic E-state index is 0.149. The minimum atomic E-state index is -0.775. The van der Waals surface area contributed by atoms with E-state index >= 15 is 0 Å². The van der Waals surface area contributed by atoms with Gasteiger partial charge in [0.2, 0.25) is 0 Å². The van der Waals surface area contributed by atoms with Gasteiger partial charge in [-0.2, -0.15) is 0 Å². The van der Waals surface area contributed by atoms with Crippen LogP contribution in [0.1, 0.15) is 18.9 Å². The maximum atomic E-state index is 10.6. The number of ether oxygens (including phenoxy) is 2. The fourth-order valence-corrected chi connectivity index (χ4v) is 2.08. The van der Waals surface area contributed by atoms with E-state index in [1.807, 2.05) is 30.1 Å². The van der Waals surface area contributed by atoms with Gasteiger partial charge in [-0.05, 0) is 32.0 Å². The summed E-state index contributed by atoms with van der Waals surface area (Å²) in [4.78, 5) is 12.6. The molecular formula is C15H23NO4. The zero-order chi connectivity index (χ0) is 15.1. The van der Waals surface area contributed by atoms with E-state index in [4.69, 9.17) is 14.6 Å². The van der Waals surface area contributed by atoms with Gasteiger partial charge in [0.05, 0.1) is 20.6 Å². The molecule has 0 fully saturated rings. The smallest absolute Gasteiger partial charge is 0.304 e. The first kappa shape index (κ1) is 16.3. The Hall–Kier alpha value is -1.75. The Labute approximate surface area is 120 Å². The molecule has 5 heteroatoms. The molecule has 1 rings (SSSR count). The predicted octanol–water partition coefficient (Wildman–Crippen LogP) is 2.04. The van der Waals surface area contributed by atoms with Crippen molar-refractivity contribution in [1.29, 1.82) is 0 Å². The van der Waals surface area contributed by atoms with E-state index in [2.05, 4.69) is 6.92 Å². The highest BCUT2D eigenvalue weighted by Gasteiger charge is 2.16. The van der Waals surface area contributed by atoms with Crippen LogP contribution in [0.3, 0.4) is 0 Å². The molecule has 0 saturated heterocycles. The van der Waals surface area contributed by atoms with Crippen LogP contribution in [-0.4, -0.2) is 49.8 Å². The molecule has 0 spiro atoms. The molecule has 0 saturated carbocycles. The number of methoxy groups -OCH3 is 2. The Bertz CT molecular complexity index is 447. The van der Waals surface area contributed by atoms with E-state index in [1.165, 1.54) is 0 Å². The standard InChI is InChI=1S/C15H23NO4/c1-11(16(2)9-8-14(17)18)10-12-6-5-7-13(19-3)15(12)20-4/h5-7,11H,8-10H2,1-4H3,(H,17,18). The molecule has 1 unspecified atom stereocenters. The van der Waals surface area contributed by atoms with Crippen molar-refractivity contribution in [2.45, 2.75) is 25.8 Å². The third-order valence-electron chi connectivity index (χ3n) is 3.43. The van der Waals surface area contributed by atoms with E-state index in [0.29, 0.717) is 12.3 Å². The zero-order valence-electron chi connectivity index (χ0n) is 12.5. The van der Waals surface area contributed by atoms with E-state index in [9.17, 15) is 4.79 Å². The van der Waals surface area contributed by atoms with Crippen LogP contribution in [0.15, 0.2) is 18.2 Å². The monoisotopic (exact) mass is 281 g/mol. The Balaban J connectivity index is 2.74. The number of carboxylic acids is 1. The third kappa shape index (κ3) is 4.42. The second-order valence-corrected chi connectivity index (χ2v) is 4.83. The molecule has 1 atom stereocenters. The summed E-state index contributed by atoms with van der Waals surface area (Å²) in [6.45, 7) is 2.60. The molecule has 1 aromatic carbocycles. The molecular weight excluding hydrogens is 258 g/mol. The second-order valence-electron chi connectivity index (χ2n) is 4.83. The highest BCUT2D eigenvalue weighted by Crippen LogP contribution is 2.31. The Morgan fingerprint density at radius 3 is 2.60 bits per heavy atom. The molecule has 0 radical (unpaired) electrons. The topological polar surface area (TPSA) is 59.0 Å². The van der Waals surface area contributed by atoms with E-state index in [1.54, 1.807) is 14.2 Å². The summed E-state index contributed by atoms with van der Waals surface area (Å²) in [5, 5.41) is 8.72. The largest absolute Gasteiger partial charge is 0.493 e. The van der Waals surface area contributed by atoms with Gasteiger partial charge in [-0.15, -0.1) is 0 Å². The van der Waals surface area contributed by atoms with Gasteiger partial charge in [-0.25, -0.2) is 0 Å². The Kier molecular flexibility index (Phi) is 6.31. The van der Waals surface area contributed by atoms with Crippen molar-refractivity contribution < 1.29 is 19.4 Å². The molecule has 0 aliphatic carbocycles. The van der Waals surface area contributed by atoms with Crippen LogP contribution in [0.4, 0.5) is 0 Å². The number of carboxylic acid groups (broad SMARTS) is 1. The maximum absolute atomic E-state index is 10.6. The molecule has 0 amide bonds. The molecule has 0 bridgehead atoms. The molecule has 0 heterocycles. The normalized spacial score (nSPS) is 12.2. The first-order chi connectivity index (χ1) is 9.49. The average Bonchev–Trinajstić information content (AvgIpc) is 2.44. The summed E-state index contributed by atoms with van der Waals surface area (Å²) in [6, 6.07) is 6.01. The first-order valence-electron chi connectivity index (χ1n) is 6.61. The fraction of sp³-hybridized carbons (Fsp3) is 0.533. The minimum Gasteiger partial charge on any atom is -0.493 e. The first-order valence-corrected chi connectivity index (χ1v) is 6.61. The summed E-state index contributed by atoms with van der Waals surface area (Å²) >= 11 is 0. The van der Waals surface area contributed by atoms with Crippen molar-refractivity contribution in [3.05, 3.63) is 23.8 Å². The Morgan fingerprint density at radius 2 is 2.05 bits per heavy atom. The molecule has 112 valence electrons. The van der Waals surface area contributed by atoms with Gasteiger partial charge in [0.1, 0.15) is 0 Å². The number of rotatable bonds is 8. The van der Waals surface area contributed by atoms with Crippen LogP contribution >= 0.6 is 0 Å². The number of benzene rings is 1. The second kappa shape index (κ2) is 7.75. The van der Waals surface area contributed by atoms with Crippen LogP contribution in [0.2, 0.25) is 0 Å². The van der Waals surface area contributed by atoms with Gasteiger partial charge >= 0.3 is 5.97 Å². The summed E-state index contributed by atoms with van der Waals surface area (Å²) in [6.07, 6.45) is 0.923. The molecule has 1 aromatic rings. The SMILES string of the molecule is COc1cccc(CC(C)N(C)CCC(=O)O)c1OC. The van der Waals surface area contributed by atoms with Gasteiger partial charge in [-0.3, -0.25) is 4.79 Å². The number of nitrogens with zero attached hydrogens (tertiary/aromatic N) is 1. The van der Waals surface area contributed by atoms with Crippen LogP contribution in [0, 0.1) is 0 Å². The van der Waals surface area contributed by atoms with Gasteiger partial charge in [0, 0.05) is 12.6 Å². The Morgan fingerprint density at radius 1 is 1.35 bits per heavy atom. The lowest BCUT2D eigenvalue weighted by molar-refractivity contribution is -0.137. The van der Waals surface area contributed by atoms with Crippen LogP contribution in [-0.2, 0) is 11.2 Å². The highest BCUT2D eigenvalue weighted by molar-refractivity contribution is 5.66. The van der Waals surface area contributed by atoms with Gasteiger partial charge in [0.15, 0.2) is 11.5 Å². The summed E-state index contributed by atoms with van der Waals surface area (Å²) < 4.78 is 10.7. The molecule has 5 nitrogen and oxygen atoms in total. The lowest BCUT2D eigenvalue weighted by Gasteiger charge is -2.25. The van der Waals surface area contributed by atoms with Gasteiger partial charge in [-0.1, -0.05) is 12.1 Å². The molecule has 0 aliphatic heterocycles. The molecule has 0 aliphatic rings. The van der Waals surface area contributed by atoms with E-state index in [0.717, 1.165) is 17.7 Å². The number of hydrogen-bond acceptors (Lipinski definition) is 4. The van der Waals surface area contributed by atoms with Crippen LogP contribution in [0.25, 0.3) is 0 Å². The van der Waals surface area contributed by atoms with Crippen molar-refractivity contribution in [3.63, 3.8) is 0 Å². The van der Waals surface area contributed by atoms with Crippen molar-refractivity contribution >= 4 is 5.97 Å². The lowest BCUT2D eigenvalue weighted by Crippen LogP contribution is -2.32. The van der Waals surface area contributed by atoms with Crippen molar-refractivity contribution in [1.82, 2.24) is 4.90 Å². The quantitative estimate of drug-likeness (QED) is 0.790. The maximum Gasteiger partial charge on any atom is 0.304 e. The van der Waals surface area contributed by atoms with Crippen LogP contribution < -0.4 is 9.47 Å². The van der Waals surface area contributed by atoms with Gasteiger partial charge in [0.25, 0.3) is 0 Å². The molecule has 20 heavy (non-hydrogen) atoms. The van der Waals surface area contributed by atoms with E-state index in [-0.39, 0.29) is 12.5 Å². The number of hydrogen-bond donors (Lipinski definition) is 1. The van der Waals surface area contributed by atoms with Crippen LogP contribution in [0.5, 0.6) is 11.5 Å². The predicted molar refractivity (Wildman–Crippen MR) is 77.6 cm³/mol. The number of likely N-dealkylation sites (N-methyl/N-ethyl adjacent to an activating group) is 1.